The molecule has 4 heteroatoms. The lowest BCUT2D eigenvalue weighted by Gasteiger charge is -2.10. The fraction of sp³-hybridized carbons (Fsp3) is 0.333. The van der Waals surface area contributed by atoms with Gasteiger partial charge in [-0.05, 0) is 45.0 Å². The van der Waals surface area contributed by atoms with E-state index in [0.29, 0.717) is 5.82 Å². The van der Waals surface area contributed by atoms with E-state index in [1.54, 1.807) is 0 Å². The minimum atomic E-state index is 0.178. The first-order valence-corrected chi connectivity index (χ1v) is 6.38. The Hall–Kier alpha value is -2.10. The number of nitrogens with zero attached hydrogens (tertiary/aromatic N) is 2. The molecule has 0 fully saturated rings. The third-order valence-electron chi connectivity index (χ3n) is 2.69. The van der Waals surface area contributed by atoms with Gasteiger partial charge in [0, 0.05) is 24.4 Å². The summed E-state index contributed by atoms with van der Waals surface area (Å²) in [5.74, 6) is 2.43. The molecular formula is C15H19N3O. The average molecular weight is 257 g/mol. The Kier molecular flexibility index (Phi) is 4.00. The smallest absolute Gasteiger partial charge is 0.161 e. The number of aryl methyl sites for hydroxylation is 1. The summed E-state index contributed by atoms with van der Waals surface area (Å²) in [4.78, 5) is 8.84. The van der Waals surface area contributed by atoms with Crippen LogP contribution in [-0.2, 0) is 0 Å². The van der Waals surface area contributed by atoms with Crippen molar-refractivity contribution in [3.05, 3.63) is 36.0 Å². The Morgan fingerprint density at radius 2 is 1.84 bits per heavy atom. The highest BCUT2D eigenvalue weighted by molar-refractivity contribution is 5.59. The first-order chi connectivity index (χ1) is 9.10. The average Bonchev–Trinajstić information content (AvgIpc) is 2.40. The van der Waals surface area contributed by atoms with Gasteiger partial charge in [0.1, 0.15) is 11.6 Å². The van der Waals surface area contributed by atoms with Gasteiger partial charge < -0.3 is 10.1 Å². The predicted octanol–water partition coefficient (Wildman–Crippen LogP) is 3.28. The molecule has 100 valence electrons. The van der Waals surface area contributed by atoms with Gasteiger partial charge in [-0.2, -0.15) is 0 Å². The van der Waals surface area contributed by atoms with E-state index in [9.17, 15) is 0 Å². The fourth-order valence-corrected chi connectivity index (χ4v) is 1.79. The maximum atomic E-state index is 5.62. The highest BCUT2D eigenvalue weighted by atomic mass is 16.5. The Bertz CT molecular complexity index is 550. The molecule has 19 heavy (non-hydrogen) atoms. The van der Waals surface area contributed by atoms with E-state index >= 15 is 0 Å². The van der Waals surface area contributed by atoms with Crippen molar-refractivity contribution in [3.8, 4) is 17.1 Å². The highest BCUT2D eigenvalue weighted by Crippen LogP contribution is 2.22. The Morgan fingerprint density at radius 1 is 1.16 bits per heavy atom. The molecule has 2 aromatic rings. The van der Waals surface area contributed by atoms with Crippen LogP contribution in [0.4, 0.5) is 5.82 Å². The first kappa shape index (κ1) is 13.3. The lowest BCUT2D eigenvalue weighted by Crippen LogP contribution is -2.05. The lowest BCUT2D eigenvalue weighted by molar-refractivity contribution is 0.242. The molecule has 0 saturated heterocycles. The standard InChI is InChI=1S/C15H19N3O/c1-10(2)19-13-7-5-12(6-8-13)15-17-9-11(3)14(16-4)18-15/h5-10H,1-4H3,(H,16,17,18). The molecule has 1 heterocycles. The molecule has 0 aliphatic carbocycles. The van der Waals surface area contributed by atoms with E-state index < -0.39 is 0 Å². The van der Waals surface area contributed by atoms with Crippen molar-refractivity contribution < 1.29 is 4.74 Å². The number of aromatic nitrogens is 2. The van der Waals surface area contributed by atoms with E-state index in [2.05, 4.69) is 15.3 Å². The van der Waals surface area contributed by atoms with Crippen LogP contribution in [0.5, 0.6) is 5.75 Å². The van der Waals surface area contributed by atoms with Gasteiger partial charge in [-0.25, -0.2) is 9.97 Å². The molecule has 1 aromatic heterocycles. The maximum Gasteiger partial charge on any atom is 0.161 e. The van der Waals surface area contributed by atoms with Gasteiger partial charge in [-0.3, -0.25) is 0 Å². The second-order valence-electron chi connectivity index (χ2n) is 4.67. The van der Waals surface area contributed by atoms with Crippen molar-refractivity contribution in [3.63, 3.8) is 0 Å². The van der Waals surface area contributed by atoms with Crippen LogP contribution in [0.25, 0.3) is 11.4 Å². The first-order valence-electron chi connectivity index (χ1n) is 6.38. The number of hydrogen-bond acceptors (Lipinski definition) is 4. The van der Waals surface area contributed by atoms with Gasteiger partial charge in [0.05, 0.1) is 6.10 Å². The zero-order chi connectivity index (χ0) is 13.8. The molecule has 0 radical (unpaired) electrons. The molecule has 0 bridgehead atoms. The Morgan fingerprint density at radius 3 is 2.42 bits per heavy atom. The van der Waals surface area contributed by atoms with Gasteiger partial charge in [-0.1, -0.05) is 0 Å². The SMILES string of the molecule is CNc1nc(-c2ccc(OC(C)C)cc2)ncc1C. The van der Waals surface area contributed by atoms with E-state index in [0.717, 1.165) is 22.7 Å². The van der Waals surface area contributed by atoms with Gasteiger partial charge >= 0.3 is 0 Å². The number of anilines is 1. The van der Waals surface area contributed by atoms with Crippen LogP contribution in [0.15, 0.2) is 30.5 Å². The minimum absolute atomic E-state index is 0.178. The second-order valence-corrected chi connectivity index (χ2v) is 4.67. The van der Waals surface area contributed by atoms with E-state index in [1.165, 1.54) is 0 Å². The predicted molar refractivity (Wildman–Crippen MR) is 77.5 cm³/mol. The van der Waals surface area contributed by atoms with Gasteiger partial charge in [-0.15, -0.1) is 0 Å². The third-order valence-corrected chi connectivity index (χ3v) is 2.69. The van der Waals surface area contributed by atoms with Crippen molar-refractivity contribution in [2.45, 2.75) is 26.9 Å². The van der Waals surface area contributed by atoms with E-state index in [1.807, 2.05) is 58.3 Å². The third kappa shape index (κ3) is 3.22. The molecule has 0 unspecified atom stereocenters. The number of nitrogens with one attached hydrogen (secondary N) is 1. The van der Waals surface area contributed by atoms with Crippen molar-refractivity contribution in [1.29, 1.82) is 0 Å². The summed E-state index contributed by atoms with van der Waals surface area (Å²) in [6, 6.07) is 7.83. The molecule has 0 aliphatic rings. The Labute approximate surface area is 113 Å². The monoisotopic (exact) mass is 257 g/mol. The lowest BCUT2D eigenvalue weighted by atomic mass is 10.2. The minimum Gasteiger partial charge on any atom is -0.491 e. The van der Waals surface area contributed by atoms with Crippen LogP contribution in [0, 0.1) is 6.92 Å². The highest BCUT2D eigenvalue weighted by Gasteiger charge is 2.05. The summed E-state index contributed by atoms with van der Waals surface area (Å²) < 4.78 is 5.62. The van der Waals surface area contributed by atoms with Gasteiger partial charge in [0.25, 0.3) is 0 Å². The maximum absolute atomic E-state index is 5.62. The largest absolute Gasteiger partial charge is 0.491 e. The van der Waals surface area contributed by atoms with E-state index in [4.69, 9.17) is 4.74 Å². The summed E-state index contributed by atoms with van der Waals surface area (Å²) in [6.07, 6.45) is 2.00. The van der Waals surface area contributed by atoms with Crippen molar-refractivity contribution in [2.75, 3.05) is 12.4 Å². The molecule has 1 aromatic carbocycles. The number of ether oxygens (including phenoxy) is 1. The summed E-state index contributed by atoms with van der Waals surface area (Å²) in [6.45, 7) is 6.00. The zero-order valence-corrected chi connectivity index (χ0v) is 11.8. The summed E-state index contributed by atoms with van der Waals surface area (Å²) in [5.41, 5.74) is 2.01. The van der Waals surface area contributed by atoms with Gasteiger partial charge in [0.2, 0.25) is 0 Å². The topological polar surface area (TPSA) is 47.0 Å². The van der Waals surface area contributed by atoms with Crippen molar-refractivity contribution in [2.24, 2.45) is 0 Å². The van der Waals surface area contributed by atoms with Crippen LogP contribution >= 0.6 is 0 Å². The van der Waals surface area contributed by atoms with Crippen LogP contribution in [0.3, 0.4) is 0 Å². The van der Waals surface area contributed by atoms with Crippen LogP contribution < -0.4 is 10.1 Å². The normalized spacial score (nSPS) is 10.6. The molecule has 0 amide bonds. The van der Waals surface area contributed by atoms with Gasteiger partial charge in [0.15, 0.2) is 5.82 Å². The number of benzene rings is 1. The van der Waals surface area contributed by atoms with E-state index in [-0.39, 0.29) is 6.10 Å². The fourth-order valence-electron chi connectivity index (χ4n) is 1.79. The number of rotatable bonds is 4. The van der Waals surface area contributed by atoms with Crippen LogP contribution in [-0.4, -0.2) is 23.1 Å². The summed E-state index contributed by atoms with van der Waals surface area (Å²) in [7, 11) is 1.86. The zero-order valence-electron chi connectivity index (χ0n) is 11.8. The number of hydrogen-bond donors (Lipinski definition) is 1. The van der Waals surface area contributed by atoms with Crippen LogP contribution in [0.1, 0.15) is 19.4 Å². The molecule has 0 saturated carbocycles. The second kappa shape index (κ2) is 5.69. The van der Waals surface area contributed by atoms with Crippen LogP contribution in [0.2, 0.25) is 0 Å². The molecule has 2 rings (SSSR count). The molecule has 0 atom stereocenters. The molecule has 1 N–H and O–H groups in total. The molecule has 0 spiro atoms. The summed E-state index contributed by atoms with van der Waals surface area (Å²) >= 11 is 0. The molecule has 0 aliphatic heterocycles. The van der Waals surface area contributed by atoms with Crippen molar-refractivity contribution >= 4 is 5.82 Å². The quantitative estimate of drug-likeness (QED) is 0.913. The molecular weight excluding hydrogens is 238 g/mol. The molecule has 4 nitrogen and oxygen atoms in total. The summed E-state index contributed by atoms with van der Waals surface area (Å²) in [5, 5.41) is 3.07. The Balaban J connectivity index is 2.27. The van der Waals surface area contributed by atoms with Crippen molar-refractivity contribution in [1.82, 2.24) is 9.97 Å².